The van der Waals surface area contributed by atoms with Gasteiger partial charge < -0.3 is 15.5 Å². The van der Waals surface area contributed by atoms with E-state index in [-0.39, 0.29) is 5.91 Å². The Morgan fingerprint density at radius 2 is 1.78 bits per heavy atom. The predicted octanol–water partition coefficient (Wildman–Crippen LogP) is 3.50. The lowest BCUT2D eigenvalue weighted by molar-refractivity contribution is -0.122. The number of hydrogen-bond acceptors (Lipinski definition) is 5. The normalized spacial score (nSPS) is 21.9. The van der Waals surface area contributed by atoms with E-state index in [0.717, 1.165) is 44.0 Å². The summed E-state index contributed by atoms with van der Waals surface area (Å²) in [7, 11) is 0. The molecule has 0 aromatic carbocycles. The van der Waals surface area contributed by atoms with Gasteiger partial charge in [0.1, 0.15) is 18.0 Å². The van der Waals surface area contributed by atoms with Crippen molar-refractivity contribution in [1.29, 1.82) is 0 Å². The maximum Gasteiger partial charge on any atom is 0.220 e. The summed E-state index contributed by atoms with van der Waals surface area (Å²) in [5.74, 6) is 2.89. The summed E-state index contributed by atoms with van der Waals surface area (Å²) in [6.07, 6.45) is 14.4. The van der Waals surface area contributed by atoms with E-state index >= 15 is 0 Å². The molecule has 0 radical (unpaired) electrons. The minimum absolute atomic E-state index is 0.260. The molecular weight excluding hydrogens is 338 g/mol. The van der Waals surface area contributed by atoms with Crippen LogP contribution in [-0.4, -0.2) is 41.0 Å². The average Bonchev–Trinajstić information content (AvgIpc) is 3.52. The number of carbonyl (C=O) groups excluding carboxylic acids is 1. The minimum Gasteiger partial charge on any atom is -0.367 e. The Morgan fingerprint density at radius 3 is 2.52 bits per heavy atom. The number of aromatic nitrogens is 2. The molecule has 27 heavy (non-hydrogen) atoms. The lowest BCUT2D eigenvalue weighted by atomic mass is 9.91. The van der Waals surface area contributed by atoms with Crippen LogP contribution in [0.1, 0.15) is 70.6 Å². The second kappa shape index (κ2) is 8.89. The van der Waals surface area contributed by atoms with Gasteiger partial charge in [0.25, 0.3) is 0 Å². The molecule has 6 heteroatoms. The van der Waals surface area contributed by atoms with Crippen LogP contribution in [0.4, 0.5) is 11.6 Å². The fourth-order valence-electron chi connectivity index (χ4n) is 4.37. The third kappa shape index (κ3) is 5.56. The molecule has 3 fully saturated rings. The second-order valence-electron chi connectivity index (χ2n) is 8.55. The molecule has 0 bridgehead atoms. The van der Waals surface area contributed by atoms with E-state index in [2.05, 4.69) is 31.6 Å². The fourth-order valence-corrected chi connectivity index (χ4v) is 4.37. The first-order valence-electron chi connectivity index (χ1n) is 10.9. The van der Waals surface area contributed by atoms with E-state index in [0.29, 0.717) is 24.4 Å². The van der Waals surface area contributed by atoms with Crippen molar-refractivity contribution in [2.75, 3.05) is 23.3 Å². The molecule has 4 rings (SSSR count). The Hall–Kier alpha value is -1.85. The Bertz CT molecular complexity index is 619. The van der Waals surface area contributed by atoms with Gasteiger partial charge in [-0.25, -0.2) is 9.97 Å². The van der Waals surface area contributed by atoms with Crippen LogP contribution in [-0.2, 0) is 4.79 Å². The van der Waals surface area contributed by atoms with Gasteiger partial charge in [0.15, 0.2) is 0 Å². The number of nitrogens with one attached hydrogen (secondary N) is 2. The van der Waals surface area contributed by atoms with Crippen molar-refractivity contribution in [3.05, 3.63) is 12.4 Å². The Labute approximate surface area is 162 Å². The van der Waals surface area contributed by atoms with Crippen molar-refractivity contribution in [1.82, 2.24) is 15.3 Å². The van der Waals surface area contributed by atoms with Gasteiger partial charge in [-0.05, 0) is 50.9 Å². The number of hydrogen-bond donors (Lipinski definition) is 2. The number of piperidine rings is 1. The summed E-state index contributed by atoms with van der Waals surface area (Å²) in [4.78, 5) is 23.4. The van der Waals surface area contributed by atoms with E-state index in [9.17, 15) is 4.79 Å². The average molecular weight is 372 g/mol. The molecule has 0 spiro atoms. The zero-order valence-electron chi connectivity index (χ0n) is 16.3. The van der Waals surface area contributed by atoms with Crippen LogP contribution >= 0.6 is 0 Å². The zero-order chi connectivity index (χ0) is 18.5. The highest BCUT2D eigenvalue weighted by atomic mass is 16.1. The van der Waals surface area contributed by atoms with Crippen molar-refractivity contribution in [2.45, 2.75) is 82.7 Å². The van der Waals surface area contributed by atoms with Gasteiger partial charge in [0.2, 0.25) is 5.91 Å². The quantitative estimate of drug-likeness (QED) is 0.768. The van der Waals surface area contributed by atoms with Gasteiger partial charge in [-0.1, -0.05) is 19.3 Å². The van der Waals surface area contributed by atoms with Crippen LogP contribution in [0.15, 0.2) is 12.4 Å². The van der Waals surface area contributed by atoms with Crippen molar-refractivity contribution >= 4 is 17.5 Å². The summed E-state index contributed by atoms with van der Waals surface area (Å²) < 4.78 is 0. The van der Waals surface area contributed by atoms with Gasteiger partial charge in [0, 0.05) is 37.7 Å². The van der Waals surface area contributed by atoms with Crippen LogP contribution in [0.5, 0.6) is 0 Å². The molecule has 3 aliphatic rings. The summed E-state index contributed by atoms with van der Waals surface area (Å²) in [6.45, 7) is 2.05. The molecule has 1 aliphatic heterocycles. The highest BCUT2D eigenvalue weighted by Crippen LogP contribution is 2.28. The molecule has 1 aromatic heterocycles. The van der Waals surface area contributed by atoms with E-state index in [1.54, 1.807) is 6.33 Å². The van der Waals surface area contributed by atoms with E-state index in [1.807, 2.05) is 0 Å². The number of nitrogens with zero attached hydrogens (tertiary/aromatic N) is 3. The summed E-state index contributed by atoms with van der Waals surface area (Å²) in [5.41, 5.74) is 0. The summed E-state index contributed by atoms with van der Waals surface area (Å²) >= 11 is 0. The number of carbonyl (C=O) groups is 1. The van der Waals surface area contributed by atoms with E-state index in [1.165, 1.54) is 44.9 Å². The second-order valence-corrected chi connectivity index (χ2v) is 8.55. The monoisotopic (exact) mass is 371 g/mol. The lowest BCUT2D eigenvalue weighted by Crippen LogP contribution is -2.37. The molecule has 0 unspecified atom stereocenters. The van der Waals surface area contributed by atoms with Gasteiger partial charge in [-0.2, -0.15) is 0 Å². The zero-order valence-corrected chi connectivity index (χ0v) is 16.3. The van der Waals surface area contributed by atoms with Crippen molar-refractivity contribution in [3.63, 3.8) is 0 Å². The molecule has 2 heterocycles. The summed E-state index contributed by atoms with van der Waals surface area (Å²) in [6, 6.07) is 3.12. The van der Waals surface area contributed by atoms with Crippen molar-refractivity contribution < 1.29 is 4.79 Å². The molecule has 2 saturated carbocycles. The topological polar surface area (TPSA) is 70.2 Å². The van der Waals surface area contributed by atoms with Crippen molar-refractivity contribution in [2.24, 2.45) is 5.92 Å². The lowest BCUT2D eigenvalue weighted by Gasteiger charge is -2.33. The van der Waals surface area contributed by atoms with Crippen LogP contribution in [0.2, 0.25) is 0 Å². The first kappa shape index (κ1) is 18.5. The SMILES string of the molecule is O=C(CCC1CCN(c2cc(NC3CC3)ncn2)CC1)NC1CCCCC1. The molecule has 1 aromatic rings. The van der Waals surface area contributed by atoms with E-state index < -0.39 is 0 Å². The maximum atomic E-state index is 12.2. The molecule has 0 atom stereocenters. The van der Waals surface area contributed by atoms with Gasteiger partial charge in [0.05, 0.1) is 0 Å². The molecule has 1 amide bonds. The van der Waals surface area contributed by atoms with Crippen molar-refractivity contribution in [3.8, 4) is 0 Å². The third-order valence-electron chi connectivity index (χ3n) is 6.27. The third-order valence-corrected chi connectivity index (χ3v) is 6.27. The first-order chi connectivity index (χ1) is 13.3. The molecule has 2 aliphatic carbocycles. The molecule has 6 nitrogen and oxygen atoms in total. The Balaban J connectivity index is 1.18. The Kier molecular flexibility index (Phi) is 6.10. The smallest absolute Gasteiger partial charge is 0.220 e. The molecule has 1 saturated heterocycles. The standard InChI is InChI=1S/C21H33N5O/c27-21(25-17-4-2-1-3-5-17)9-6-16-10-12-26(13-11-16)20-14-19(22-15-23-20)24-18-7-8-18/h14-18H,1-13H2,(H,25,27)(H,22,23,24). The van der Waals surface area contributed by atoms with Gasteiger partial charge >= 0.3 is 0 Å². The number of amides is 1. The van der Waals surface area contributed by atoms with Gasteiger partial charge in [-0.15, -0.1) is 0 Å². The first-order valence-corrected chi connectivity index (χ1v) is 10.9. The minimum atomic E-state index is 0.260. The Morgan fingerprint density at radius 1 is 1.00 bits per heavy atom. The van der Waals surface area contributed by atoms with Crippen LogP contribution in [0.3, 0.4) is 0 Å². The predicted molar refractivity (Wildman–Crippen MR) is 108 cm³/mol. The highest BCUT2D eigenvalue weighted by molar-refractivity contribution is 5.76. The van der Waals surface area contributed by atoms with Crippen LogP contribution in [0.25, 0.3) is 0 Å². The number of rotatable bonds is 7. The molecular formula is C21H33N5O. The van der Waals surface area contributed by atoms with Crippen LogP contribution in [0, 0.1) is 5.92 Å². The maximum absolute atomic E-state index is 12.2. The summed E-state index contributed by atoms with van der Waals surface area (Å²) in [5, 5.41) is 6.69. The van der Waals surface area contributed by atoms with Gasteiger partial charge in [-0.3, -0.25) is 4.79 Å². The highest BCUT2D eigenvalue weighted by Gasteiger charge is 2.24. The van der Waals surface area contributed by atoms with Crippen LogP contribution < -0.4 is 15.5 Å². The largest absolute Gasteiger partial charge is 0.367 e. The molecule has 148 valence electrons. The molecule has 2 N–H and O–H groups in total. The van der Waals surface area contributed by atoms with E-state index in [4.69, 9.17) is 0 Å². The number of anilines is 2. The fraction of sp³-hybridized carbons (Fsp3) is 0.762.